The summed E-state index contributed by atoms with van der Waals surface area (Å²) in [4.78, 5) is 12.2. The van der Waals surface area contributed by atoms with E-state index in [4.69, 9.17) is 0 Å². The molecule has 0 N–H and O–H groups in total. The zero-order valence-electron chi connectivity index (χ0n) is 12.3. The molecule has 0 aromatic heterocycles. The molecule has 0 radical (unpaired) electrons. The lowest BCUT2D eigenvalue weighted by atomic mass is 9.87. The average molecular weight is 256 g/mol. The standard InChI is InChI=1S/C18H24O/c1-13(2)16-10-6-15(7-11-16)12-18(19)17-8-4-14(3)5-9-17/h6-8,10-11,13-14H,4-5,9,12H2,1-3H3. The molecule has 0 aliphatic heterocycles. The molecule has 1 aliphatic rings. The lowest BCUT2D eigenvalue weighted by Crippen LogP contribution is -2.12. The van der Waals surface area contributed by atoms with Crippen LogP contribution >= 0.6 is 0 Å². The van der Waals surface area contributed by atoms with E-state index >= 15 is 0 Å². The van der Waals surface area contributed by atoms with Crippen LogP contribution in [0.4, 0.5) is 0 Å². The Morgan fingerprint density at radius 3 is 2.47 bits per heavy atom. The summed E-state index contributed by atoms with van der Waals surface area (Å²) in [5.74, 6) is 1.60. The number of benzene rings is 1. The van der Waals surface area contributed by atoms with Crippen molar-refractivity contribution in [2.75, 3.05) is 0 Å². The summed E-state index contributed by atoms with van der Waals surface area (Å²) >= 11 is 0. The van der Waals surface area contributed by atoms with Gasteiger partial charge in [-0.05, 0) is 47.8 Å². The van der Waals surface area contributed by atoms with Gasteiger partial charge in [0.1, 0.15) is 0 Å². The Morgan fingerprint density at radius 2 is 1.95 bits per heavy atom. The normalized spacial score (nSPS) is 19.4. The molecule has 102 valence electrons. The van der Waals surface area contributed by atoms with Gasteiger partial charge in [-0.25, -0.2) is 0 Å². The molecule has 0 saturated carbocycles. The topological polar surface area (TPSA) is 17.1 Å². The van der Waals surface area contributed by atoms with Crippen LogP contribution in [0.3, 0.4) is 0 Å². The Balaban J connectivity index is 1.99. The molecule has 0 spiro atoms. The maximum absolute atomic E-state index is 12.2. The molecular weight excluding hydrogens is 232 g/mol. The van der Waals surface area contributed by atoms with Crippen LogP contribution in [-0.4, -0.2) is 5.78 Å². The van der Waals surface area contributed by atoms with E-state index in [0.29, 0.717) is 18.1 Å². The number of allylic oxidation sites excluding steroid dienone is 2. The van der Waals surface area contributed by atoms with Crippen molar-refractivity contribution in [3.05, 3.63) is 47.0 Å². The average Bonchev–Trinajstić information content (AvgIpc) is 2.40. The molecule has 0 bridgehead atoms. The van der Waals surface area contributed by atoms with Crippen molar-refractivity contribution in [1.82, 2.24) is 0 Å². The SMILES string of the molecule is CC1CC=C(C(=O)Cc2ccc(C(C)C)cc2)CC1. The molecule has 1 atom stereocenters. The van der Waals surface area contributed by atoms with Crippen LogP contribution in [-0.2, 0) is 11.2 Å². The van der Waals surface area contributed by atoms with E-state index in [1.807, 2.05) is 0 Å². The zero-order chi connectivity index (χ0) is 13.8. The highest BCUT2D eigenvalue weighted by molar-refractivity contribution is 5.96. The van der Waals surface area contributed by atoms with Crippen LogP contribution in [0.25, 0.3) is 0 Å². The molecule has 0 saturated heterocycles. The number of rotatable bonds is 4. The third-order valence-electron chi connectivity index (χ3n) is 4.04. The smallest absolute Gasteiger partial charge is 0.162 e. The van der Waals surface area contributed by atoms with Crippen molar-refractivity contribution >= 4 is 5.78 Å². The first-order chi connectivity index (χ1) is 9.06. The Bertz CT molecular complexity index is 465. The first-order valence-electron chi connectivity index (χ1n) is 7.37. The van der Waals surface area contributed by atoms with Gasteiger partial charge in [0.05, 0.1) is 0 Å². The molecule has 1 nitrogen and oxygen atoms in total. The fourth-order valence-corrected chi connectivity index (χ4v) is 2.54. The highest BCUT2D eigenvalue weighted by Crippen LogP contribution is 2.24. The Morgan fingerprint density at radius 1 is 1.26 bits per heavy atom. The molecule has 1 heteroatoms. The summed E-state index contributed by atoms with van der Waals surface area (Å²) in [5, 5.41) is 0. The van der Waals surface area contributed by atoms with Gasteiger partial charge in [0.2, 0.25) is 0 Å². The van der Waals surface area contributed by atoms with Crippen LogP contribution in [0, 0.1) is 5.92 Å². The molecular formula is C18H24O. The van der Waals surface area contributed by atoms with Crippen LogP contribution in [0.1, 0.15) is 57.1 Å². The second-order valence-corrected chi connectivity index (χ2v) is 6.11. The minimum Gasteiger partial charge on any atom is -0.294 e. The summed E-state index contributed by atoms with van der Waals surface area (Å²) < 4.78 is 0. The Labute approximate surface area is 116 Å². The lowest BCUT2D eigenvalue weighted by Gasteiger charge is -2.17. The minimum absolute atomic E-state index is 0.309. The molecule has 0 fully saturated rings. The third-order valence-corrected chi connectivity index (χ3v) is 4.04. The van der Waals surface area contributed by atoms with E-state index in [2.05, 4.69) is 51.1 Å². The quantitative estimate of drug-likeness (QED) is 0.765. The number of ketones is 1. The van der Waals surface area contributed by atoms with E-state index in [1.54, 1.807) is 0 Å². The first kappa shape index (κ1) is 14.0. The summed E-state index contributed by atoms with van der Waals surface area (Å²) in [6, 6.07) is 8.48. The van der Waals surface area contributed by atoms with Crippen molar-refractivity contribution in [1.29, 1.82) is 0 Å². The molecule has 0 amide bonds. The highest BCUT2D eigenvalue weighted by Gasteiger charge is 2.16. The predicted octanol–water partition coefficient (Wildman–Crippen LogP) is 4.67. The Kier molecular flexibility index (Phi) is 4.57. The number of carbonyl (C=O) groups excluding carboxylic acids is 1. The molecule has 1 aromatic carbocycles. The summed E-state index contributed by atoms with van der Waals surface area (Å²) in [6.45, 7) is 6.63. The van der Waals surface area contributed by atoms with Crippen LogP contribution < -0.4 is 0 Å². The van der Waals surface area contributed by atoms with E-state index in [-0.39, 0.29) is 0 Å². The van der Waals surface area contributed by atoms with Gasteiger partial charge in [0.25, 0.3) is 0 Å². The highest BCUT2D eigenvalue weighted by atomic mass is 16.1. The van der Waals surface area contributed by atoms with Gasteiger partial charge in [-0.2, -0.15) is 0 Å². The van der Waals surface area contributed by atoms with E-state index in [1.165, 1.54) is 5.56 Å². The minimum atomic E-state index is 0.309. The monoisotopic (exact) mass is 256 g/mol. The maximum atomic E-state index is 12.2. The number of hydrogen-bond acceptors (Lipinski definition) is 1. The Hall–Kier alpha value is -1.37. The summed E-state index contributed by atoms with van der Waals surface area (Å²) in [7, 11) is 0. The van der Waals surface area contributed by atoms with Crippen LogP contribution in [0.5, 0.6) is 0 Å². The van der Waals surface area contributed by atoms with Gasteiger partial charge in [0.15, 0.2) is 5.78 Å². The maximum Gasteiger partial charge on any atom is 0.162 e. The molecule has 1 aliphatic carbocycles. The van der Waals surface area contributed by atoms with Gasteiger partial charge in [0, 0.05) is 6.42 Å². The molecule has 19 heavy (non-hydrogen) atoms. The van der Waals surface area contributed by atoms with Crippen molar-refractivity contribution < 1.29 is 4.79 Å². The third kappa shape index (κ3) is 3.79. The molecule has 2 rings (SSSR count). The van der Waals surface area contributed by atoms with E-state index in [0.717, 1.165) is 36.3 Å². The number of Topliss-reactive ketones (excluding diaryl/α,β-unsaturated/α-hetero) is 1. The van der Waals surface area contributed by atoms with Crippen molar-refractivity contribution in [3.8, 4) is 0 Å². The molecule has 1 unspecified atom stereocenters. The van der Waals surface area contributed by atoms with Gasteiger partial charge < -0.3 is 0 Å². The van der Waals surface area contributed by atoms with Crippen LogP contribution in [0.15, 0.2) is 35.9 Å². The van der Waals surface area contributed by atoms with Gasteiger partial charge >= 0.3 is 0 Å². The second-order valence-electron chi connectivity index (χ2n) is 6.11. The zero-order valence-corrected chi connectivity index (χ0v) is 12.3. The predicted molar refractivity (Wildman–Crippen MR) is 80.3 cm³/mol. The van der Waals surface area contributed by atoms with Gasteiger partial charge in [-0.15, -0.1) is 0 Å². The van der Waals surface area contributed by atoms with Gasteiger partial charge in [-0.1, -0.05) is 51.1 Å². The van der Waals surface area contributed by atoms with Crippen LogP contribution in [0.2, 0.25) is 0 Å². The largest absolute Gasteiger partial charge is 0.294 e. The first-order valence-corrected chi connectivity index (χ1v) is 7.37. The summed E-state index contributed by atoms with van der Waals surface area (Å²) in [5.41, 5.74) is 3.52. The second kappa shape index (κ2) is 6.18. The number of carbonyl (C=O) groups is 1. The van der Waals surface area contributed by atoms with Crippen molar-refractivity contribution in [2.24, 2.45) is 5.92 Å². The molecule has 1 aromatic rings. The number of hydrogen-bond donors (Lipinski definition) is 0. The summed E-state index contributed by atoms with van der Waals surface area (Å²) in [6.07, 6.45) is 5.89. The lowest BCUT2D eigenvalue weighted by molar-refractivity contribution is -0.115. The van der Waals surface area contributed by atoms with Crippen molar-refractivity contribution in [3.63, 3.8) is 0 Å². The fourth-order valence-electron chi connectivity index (χ4n) is 2.54. The fraction of sp³-hybridized carbons (Fsp3) is 0.500. The van der Waals surface area contributed by atoms with Gasteiger partial charge in [-0.3, -0.25) is 4.79 Å². The van der Waals surface area contributed by atoms with E-state index in [9.17, 15) is 4.79 Å². The molecule has 0 heterocycles. The van der Waals surface area contributed by atoms with Crippen molar-refractivity contribution in [2.45, 2.75) is 52.4 Å². The van der Waals surface area contributed by atoms with E-state index < -0.39 is 0 Å².